The normalized spacial score (nSPS) is 16.0. The summed E-state index contributed by atoms with van der Waals surface area (Å²) in [6.45, 7) is 0.913. The second kappa shape index (κ2) is 8.07. The van der Waals surface area contributed by atoms with Crippen molar-refractivity contribution >= 4 is 15.8 Å². The van der Waals surface area contributed by atoms with Gasteiger partial charge in [-0.2, -0.15) is 17.5 Å². The summed E-state index contributed by atoms with van der Waals surface area (Å²) in [5, 5.41) is 0. The average molecular weight is 430 g/mol. The molecule has 157 valence electrons. The molecule has 0 bridgehead atoms. The second-order valence-electron chi connectivity index (χ2n) is 6.23. The monoisotopic (exact) mass is 430 g/mol. The number of rotatable bonds is 5. The van der Waals surface area contributed by atoms with Gasteiger partial charge in [-0.25, -0.2) is 13.4 Å². The molecule has 1 saturated heterocycles. The third kappa shape index (κ3) is 4.40. The van der Waals surface area contributed by atoms with E-state index in [4.69, 9.17) is 9.47 Å². The lowest BCUT2D eigenvalue weighted by atomic mass is 10.2. The molecular weight excluding hydrogens is 411 g/mol. The molecule has 7 nitrogen and oxygen atoms in total. The quantitative estimate of drug-likeness (QED) is 0.726. The zero-order chi connectivity index (χ0) is 21.2. The maximum absolute atomic E-state index is 12.9. The molecule has 2 heterocycles. The van der Waals surface area contributed by atoms with Crippen LogP contribution in [-0.2, 0) is 16.2 Å². The van der Waals surface area contributed by atoms with E-state index >= 15 is 0 Å². The van der Waals surface area contributed by atoms with Crippen LogP contribution in [0.1, 0.15) is 5.56 Å². The molecule has 0 saturated carbocycles. The van der Waals surface area contributed by atoms with E-state index in [1.54, 1.807) is 4.90 Å². The zero-order valence-corrected chi connectivity index (χ0v) is 16.5. The van der Waals surface area contributed by atoms with Crippen LogP contribution in [-0.4, -0.2) is 58.1 Å². The average Bonchev–Trinajstić information content (AvgIpc) is 2.72. The maximum Gasteiger partial charge on any atom is 0.417 e. The molecule has 0 aliphatic carbocycles. The van der Waals surface area contributed by atoms with Gasteiger partial charge in [0.15, 0.2) is 11.5 Å². The van der Waals surface area contributed by atoms with Crippen molar-refractivity contribution in [3.8, 4) is 11.5 Å². The molecule has 11 heteroatoms. The van der Waals surface area contributed by atoms with Gasteiger partial charge >= 0.3 is 6.18 Å². The minimum atomic E-state index is -4.45. The number of hydrogen-bond donors (Lipinski definition) is 0. The van der Waals surface area contributed by atoms with Gasteiger partial charge in [0, 0.05) is 44.5 Å². The Balaban J connectivity index is 1.71. The van der Waals surface area contributed by atoms with E-state index in [0.29, 0.717) is 24.7 Å². The van der Waals surface area contributed by atoms with Crippen molar-refractivity contribution in [2.45, 2.75) is 11.1 Å². The molecular formula is C18H19F3N3O4S. The van der Waals surface area contributed by atoms with Gasteiger partial charge in [0.2, 0.25) is 10.0 Å². The SMILES string of the molecule is COc1c[c]c(S(=O)(=O)N2CCN(c3ccc(C(F)(F)F)cn3)CC2)cc1OC. The fourth-order valence-electron chi connectivity index (χ4n) is 2.95. The predicted octanol–water partition coefficient (Wildman–Crippen LogP) is 2.43. The number of methoxy groups -OCH3 is 2. The molecule has 2 aromatic rings. The van der Waals surface area contributed by atoms with Gasteiger partial charge < -0.3 is 14.4 Å². The highest BCUT2D eigenvalue weighted by Crippen LogP contribution is 2.31. The smallest absolute Gasteiger partial charge is 0.417 e. The number of halogens is 3. The Morgan fingerprint density at radius 3 is 2.24 bits per heavy atom. The Morgan fingerprint density at radius 1 is 1.07 bits per heavy atom. The van der Waals surface area contributed by atoms with Crippen LogP contribution in [0.25, 0.3) is 0 Å². The summed E-state index contributed by atoms with van der Waals surface area (Å²) in [5.41, 5.74) is -0.827. The van der Waals surface area contributed by atoms with Gasteiger partial charge in [0.1, 0.15) is 5.82 Å². The van der Waals surface area contributed by atoms with E-state index in [1.165, 1.54) is 36.7 Å². The molecule has 1 fully saturated rings. The highest BCUT2D eigenvalue weighted by molar-refractivity contribution is 7.89. The van der Waals surface area contributed by atoms with Crippen LogP contribution in [0, 0.1) is 6.07 Å². The molecule has 0 unspecified atom stereocenters. The third-order valence-corrected chi connectivity index (χ3v) is 6.38. The largest absolute Gasteiger partial charge is 0.493 e. The minimum Gasteiger partial charge on any atom is -0.493 e. The summed E-state index contributed by atoms with van der Waals surface area (Å²) < 4.78 is 75.3. The Morgan fingerprint density at radius 2 is 1.72 bits per heavy atom. The number of piperazine rings is 1. The topological polar surface area (TPSA) is 72.0 Å². The molecule has 0 N–H and O–H groups in total. The molecule has 1 aliphatic heterocycles. The number of benzene rings is 1. The Kier molecular flexibility index (Phi) is 5.90. The summed E-state index contributed by atoms with van der Waals surface area (Å²) in [6, 6.07) is 7.69. The van der Waals surface area contributed by atoms with E-state index in [-0.39, 0.29) is 23.7 Å². The highest BCUT2D eigenvalue weighted by atomic mass is 32.2. The number of nitrogens with zero attached hydrogens (tertiary/aromatic N) is 3. The van der Waals surface area contributed by atoms with Crippen molar-refractivity contribution in [1.29, 1.82) is 0 Å². The van der Waals surface area contributed by atoms with Crippen molar-refractivity contribution in [3.63, 3.8) is 0 Å². The standard InChI is InChI=1S/C18H19F3N3O4S/c1-27-15-5-4-14(11-16(15)28-2)29(25,26)24-9-7-23(8-10-24)17-6-3-13(12-22-17)18(19,20)21/h3,5-6,11-12H,7-10H2,1-2H3. The summed E-state index contributed by atoms with van der Waals surface area (Å²) in [5.74, 6) is 1.01. The number of alkyl halides is 3. The first-order valence-electron chi connectivity index (χ1n) is 8.59. The lowest BCUT2D eigenvalue weighted by Gasteiger charge is -2.34. The first kappa shape index (κ1) is 21.2. The lowest BCUT2D eigenvalue weighted by Crippen LogP contribution is -2.48. The minimum absolute atomic E-state index is 0.0451. The van der Waals surface area contributed by atoms with Crippen molar-refractivity contribution in [2.75, 3.05) is 45.3 Å². The van der Waals surface area contributed by atoms with Gasteiger partial charge in [-0.05, 0) is 18.2 Å². The van der Waals surface area contributed by atoms with Crippen LogP contribution in [0.3, 0.4) is 0 Å². The van der Waals surface area contributed by atoms with Gasteiger partial charge in [0.05, 0.1) is 24.7 Å². The van der Waals surface area contributed by atoms with E-state index in [2.05, 4.69) is 11.1 Å². The van der Waals surface area contributed by atoms with Crippen LogP contribution in [0.2, 0.25) is 0 Å². The van der Waals surface area contributed by atoms with Gasteiger partial charge in [-0.3, -0.25) is 0 Å². The van der Waals surface area contributed by atoms with Crippen LogP contribution in [0.5, 0.6) is 11.5 Å². The highest BCUT2D eigenvalue weighted by Gasteiger charge is 2.32. The second-order valence-corrected chi connectivity index (χ2v) is 8.13. The first-order chi connectivity index (χ1) is 13.7. The number of anilines is 1. The Bertz CT molecular complexity index is 957. The van der Waals surface area contributed by atoms with Gasteiger partial charge in [0.25, 0.3) is 0 Å². The molecule has 3 rings (SSSR count). The van der Waals surface area contributed by atoms with Crippen molar-refractivity contribution in [3.05, 3.63) is 42.1 Å². The molecule has 1 radical (unpaired) electrons. The van der Waals surface area contributed by atoms with Gasteiger partial charge in [-0.15, -0.1) is 0 Å². The number of sulfonamides is 1. The number of hydrogen-bond acceptors (Lipinski definition) is 6. The third-order valence-electron chi connectivity index (χ3n) is 4.55. The van der Waals surface area contributed by atoms with Gasteiger partial charge in [-0.1, -0.05) is 0 Å². The van der Waals surface area contributed by atoms with Crippen LogP contribution in [0.15, 0.2) is 35.4 Å². The predicted molar refractivity (Wildman–Crippen MR) is 98.6 cm³/mol. The molecule has 0 amide bonds. The summed E-state index contributed by atoms with van der Waals surface area (Å²) in [7, 11) is -0.959. The molecule has 0 spiro atoms. The molecule has 0 atom stereocenters. The Hall–Kier alpha value is -2.53. The molecule has 29 heavy (non-hydrogen) atoms. The molecule has 1 aliphatic rings. The fourth-order valence-corrected chi connectivity index (χ4v) is 4.33. The molecule has 1 aromatic heterocycles. The van der Waals surface area contributed by atoms with Crippen LogP contribution < -0.4 is 14.4 Å². The van der Waals surface area contributed by atoms with E-state index in [1.807, 2.05) is 0 Å². The van der Waals surface area contributed by atoms with E-state index in [0.717, 1.165) is 12.3 Å². The Labute approximate surface area is 166 Å². The van der Waals surface area contributed by atoms with Crippen molar-refractivity contribution in [1.82, 2.24) is 9.29 Å². The van der Waals surface area contributed by atoms with E-state index in [9.17, 15) is 21.6 Å². The van der Waals surface area contributed by atoms with Crippen LogP contribution in [0.4, 0.5) is 19.0 Å². The first-order valence-corrected chi connectivity index (χ1v) is 10.0. The van der Waals surface area contributed by atoms with E-state index < -0.39 is 21.8 Å². The summed E-state index contributed by atoms with van der Waals surface area (Å²) >= 11 is 0. The lowest BCUT2D eigenvalue weighted by molar-refractivity contribution is -0.137. The summed E-state index contributed by atoms with van der Waals surface area (Å²) in [6.07, 6.45) is -3.68. The number of ether oxygens (including phenoxy) is 2. The van der Waals surface area contributed by atoms with Crippen molar-refractivity contribution < 1.29 is 31.1 Å². The molecule has 1 aromatic carbocycles. The number of aromatic nitrogens is 1. The zero-order valence-electron chi connectivity index (χ0n) is 15.7. The fraction of sp³-hybridized carbons (Fsp3) is 0.389. The maximum atomic E-state index is 12.9. The number of pyridine rings is 1. The summed E-state index contributed by atoms with van der Waals surface area (Å²) in [4.78, 5) is 5.55. The van der Waals surface area contributed by atoms with Crippen molar-refractivity contribution in [2.24, 2.45) is 0 Å². The van der Waals surface area contributed by atoms with Crippen LogP contribution >= 0.6 is 0 Å².